The molecular weight excluding hydrogens is 300 g/mol. The maximum atomic E-state index is 13.8. The Bertz CT molecular complexity index is 670. The fourth-order valence-corrected chi connectivity index (χ4v) is 2.73. The Morgan fingerprint density at radius 2 is 2.04 bits per heavy atom. The number of rotatable bonds is 7. The molecule has 1 unspecified atom stereocenters. The molecule has 6 heteroatoms. The van der Waals surface area contributed by atoms with Crippen LogP contribution < -0.4 is 5.32 Å². The Morgan fingerprint density at radius 3 is 2.70 bits per heavy atom. The van der Waals surface area contributed by atoms with Crippen LogP contribution in [0.3, 0.4) is 0 Å². The highest BCUT2D eigenvalue weighted by Gasteiger charge is 2.14. The van der Waals surface area contributed by atoms with E-state index in [1.165, 1.54) is 12.1 Å². The van der Waals surface area contributed by atoms with Crippen molar-refractivity contribution in [2.75, 3.05) is 13.2 Å². The lowest BCUT2D eigenvalue weighted by Gasteiger charge is -2.14. The number of aliphatic hydroxyl groups excluding tert-OH is 1. The van der Waals surface area contributed by atoms with E-state index in [9.17, 15) is 8.78 Å². The molecule has 2 N–H and O–H groups in total. The van der Waals surface area contributed by atoms with Crippen molar-refractivity contribution in [3.63, 3.8) is 0 Å². The van der Waals surface area contributed by atoms with E-state index in [0.29, 0.717) is 25.2 Å². The van der Waals surface area contributed by atoms with Gasteiger partial charge in [0.2, 0.25) is 0 Å². The molecule has 23 heavy (non-hydrogen) atoms. The third-order valence-corrected chi connectivity index (χ3v) is 4.09. The summed E-state index contributed by atoms with van der Waals surface area (Å²) >= 11 is 0. The topological polar surface area (TPSA) is 50.1 Å². The van der Waals surface area contributed by atoms with Gasteiger partial charge >= 0.3 is 0 Å². The van der Waals surface area contributed by atoms with Crippen molar-refractivity contribution in [2.24, 2.45) is 0 Å². The predicted molar refractivity (Wildman–Crippen MR) is 85.3 cm³/mol. The second-order valence-corrected chi connectivity index (χ2v) is 5.79. The molecule has 0 saturated heterocycles. The third-order valence-electron chi connectivity index (χ3n) is 4.09. The molecule has 1 heterocycles. The zero-order valence-electron chi connectivity index (χ0n) is 13.7. The van der Waals surface area contributed by atoms with Crippen molar-refractivity contribution in [1.82, 2.24) is 15.1 Å². The number of hydrogen-bond acceptors (Lipinski definition) is 3. The summed E-state index contributed by atoms with van der Waals surface area (Å²) in [5, 5.41) is 16.7. The largest absolute Gasteiger partial charge is 0.394 e. The Kier molecular flexibility index (Phi) is 5.85. The molecule has 0 bridgehead atoms. The molecule has 126 valence electrons. The van der Waals surface area contributed by atoms with Gasteiger partial charge in [0.05, 0.1) is 18.8 Å². The first kappa shape index (κ1) is 17.6. The molecule has 0 aliphatic rings. The molecule has 0 fully saturated rings. The minimum absolute atomic E-state index is 0.0513. The fraction of sp³-hybridized carbons (Fsp3) is 0.471. The van der Waals surface area contributed by atoms with E-state index in [4.69, 9.17) is 5.11 Å². The number of halogens is 2. The highest BCUT2D eigenvalue weighted by Crippen LogP contribution is 2.19. The molecule has 1 aromatic heterocycles. The van der Waals surface area contributed by atoms with Gasteiger partial charge in [0, 0.05) is 30.4 Å². The third kappa shape index (κ3) is 4.14. The van der Waals surface area contributed by atoms with Crippen LogP contribution in [0.1, 0.15) is 35.4 Å². The van der Waals surface area contributed by atoms with E-state index >= 15 is 0 Å². The molecule has 0 saturated carbocycles. The highest BCUT2D eigenvalue weighted by molar-refractivity contribution is 5.25. The van der Waals surface area contributed by atoms with E-state index < -0.39 is 11.6 Å². The summed E-state index contributed by atoms with van der Waals surface area (Å²) in [6, 6.07) is 3.69. The van der Waals surface area contributed by atoms with E-state index in [0.717, 1.165) is 23.0 Å². The molecular formula is C17H23F2N3O. The SMILES string of the molecule is Cc1nn(CCO)c(C)c1CNCC(C)c1ccc(F)cc1F. The van der Waals surface area contributed by atoms with Crippen molar-refractivity contribution in [3.8, 4) is 0 Å². The van der Waals surface area contributed by atoms with Crippen molar-refractivity contribution >= 4 is 0 Å². The summed E-state index contributed by atoms with van der Waals surface area (Å²) in [5.41, 5.74) is 3.53. The lowest BCUT2D eigenvalue weighted by atomic mass is 10.0. The standard InChI is InChI=1S/C17H23F2N3O/c1-11(15-5-4-14(18)8-17(15)19)9-20-10-16-12(2)21-22(6-7-23)13(16)3/h4-5,8,11,20,23H,6-7,9-10H2,1-3H3. The molecule has 0 amide bonds. The van der Waals surface area contributed by atoms with E-state index in [1.54, 1.807) is 4.68 Å². The molecule has 2 aromatic rings. The average Bonchev–Trinajstić information content (AvgIpc) is 2.75. The van der Waals surface area contributed by atoms with Gasteiger partial charge in [-0.05, 0) is 31.4 Å². The second kappa shape index (κ2) is 7.66. The van der Waals surface area contributed by atoms with Crippen molar-refractivity contribution in [3.05, 3.63) is 52.3 Å². The molecule has 0 aliphatic carbocycles. The molecule has 1 atom stereocenters. The molecule has 0 aliphatic heterocycles. The van der Waals surface area contributed by atoms with Crippen LogP contribution in [-0.2, 0) is 13.1 Å². The van der Waals surface area contributed by atoms with Gasteiger partial charge in [-0.25, -0.2) is 8.78 Å². The maximum absolute atomic E-state index is 13.8. The van der Waals surface area contributed by atoms with Gasteiger partial charge < -0.3 is 10.4 Å². The number of hydrogen-bond donors (Lipinski definition) is 2. The summed E-state index contributed by atoms with van der Waals surface area (Å²) in [6.07, 6.45) is 0. The van der Waals surface area contributed by atoms with Crippen LogP contribution >= 0.6 is 0 Å². The van der Waals surface area contributed by atoms with Crippen molar-refractivity contribution in [2.45, 2.75) is 39.8 Å². The van der Waals surface area contributed by atoms with Crippen LogP contribution in [0.25, 0.3) is 0 Å². The minimum Gasteiger partial charge on any atom is -0.394 e. The lowest BCUT2D eigenvalue weighted by Crippen LogP contribution is -2.21. The van der Waals surface area contributed by atoms with Crippen LogP contribution in [-0.4, -0.2) is 28.0 Å². The Hall–Kier alpha value is -1.79. The van der Waals surface area contributed by atoms with Gasteiger partial charge in [-0.3, -0.25) is 4.68 Å². The monoisotopic (exact) mass is 323 g/mol. The summed E-state index contributed by atoms with van der Waals surface area (Å²) in [7, 11) is 0. The van der Waals surface area contributed by atoms with Crippen LogP contribution in [0.2, 0.25) is 0 Å². The van der Waals surface area contributed by atoms with Gasteiger partial charge in [0.1, 0.15) is 11.6 Å². The van der Waals surface area contributed by atoms with Crippen LogP contribution in [0.15, 0.2) is 18.2 Å². The average molecular weight is 323 g/mol. The number of nitrogens with one attached hydrogen (secondary N) is 1. The Morgan fingerprint density at radius 1 is 1.30 bits per heavy atom. The zero-order valence-corrected chi connectivity index (χ0v) is 13.7. The number of nitrogens with zero attached hydrogens (tertiary/aromatic N) is 2. The molecule has 1 aromatic carbocycles. The van der Waals surface area contributed by atoms with Gasteiger partial charge in [0.25, 0.3) is 0 Å². The van der Waals surface area contributed by atoms with Crippen LogP contribution in [0.4, 0.5) is 8.78 Å². The number of aliphatic hydroxyl groups is 1. The quantitative estimate of drug-likeness (QED) is 0.824. The molecule has 0 radical (unpaired) electrons. The van der Waals surface area contributed by atoms with Crippen LogP contribution in [0, 0.1) is 25.5 Å². The van der Waals surface area contributed by atoms with Gasteiger partial charge in [-0.1, -0.05) is 13.0 Å². The second-order valence-electron chi connectivity index (χ2n) is 5.79. The maximum Gasteiger partial charge on any atom is 0.129 e. The van der Waals surface area contributed by atoms with E-state index in [1.807, 2.05) is 20.8 Å². The van der Waals surface area contributed by atoms with Crippen molar-refractivity contribution < 1.29 is 13.9 Å². The van der Waals surface area contributed by atoms with Gasteiger partial charge in [-0.15, -0.1) is 0 Å². The number of aromatic nitrogens is 2. The van der Waals surface area contributed by atoms with Crippen LogP contribution in [0.5, 0.6) is 0 Å². The molecule has 2 rings (SSSR count). The Balaban J connectivity index is 1.97. The van der Waals surface area contributed by atoms with Crippen molar-refractivity contribution in [1.29, 1.82) is 0 Å². The predicted octanol–water partition coefficient (Wildman–Crippen LogP) is 2.66. The number of aryl methyl sites for hydroxylation is 1. The summed E-state index contributed by atoms with van der Waals surface area (Å²) in [4.78, 5) is 0. The lowest BCUT2D eigenvalue weighted by molar-refractivity contribution is 0.267. The van der Waals surface area contributed by atoms with E-state index in [-0.39, 0.29) is 12.5 Å². The number of benzene rings is 1. The smallest absolute Gasteiger partial charge is 0.129 e. The first-order valence-electron chi connectivity index (χ1n) is 7.73. The highest BCUT2D eigenvalue weighted by atomic mass is 19.1. The fourth-order valence-electron chi connectivity index (χ4n) is 2.73. The van der Waals surface area contributed by atoms with E-state index in [2.05, 4.69) is 10.4 Å². The van der Waals surface area contributed by atoms with Gasteiger partial charge in [0.15, 0.2) is 0 Å². The molecule has 0 spiro atoms. The summed E-state index contributed by atoms with van der Waals surface area (Å²) in [6.45, 7) is 7.53. The Labute approximate surface area is 135 Å². The summed E-state index contributed by atoms with van der Waals surface area (Å²) in [5.74, 6) is -1.14. The molecule has 4 nitrogen and oxygen atoms in total. The summed E-state index contributed by atoms with van der Waals surface area (Å²) < 4.78 is 28.5. The normalized spacial score (nSPS) is 12.6. The first-order chi connectivity index (χ1) is 10.9. The first-order valence-corrected chi connectivity index (χ1v) is 7.73. The zero-order chi connectivity index (χ0) is 17.0. The van der Waals surface area contributed by atoms with Gasteiger partial charge in [-0.2, -0.15) is 5.10 Å². The minimum atomic E-state index is -0.561.